The molecule has 2 rings (SSSR count). The van der Waals surface area contributed by atoms with Crippen LogP contribution in [0.25, 0.3) is 0 Å². The summed E-state index contributed by atoms with van der Waals surface area (Å²) >= 11 is 0. The largest absolute Gasteiger partial charge is 4.00 e. The first kappa shape index (κ1) is 51.7. The molecule has 2 aromatic heterocycles. The van der Waals surface area contributed by atoms with Crippen LogP contribution in [0, 0.1) is 41.7 Å². The number of carbonyl (C=O) groups is 4. The molecule has 0 spiro atoms. The van der Waals surface area contributed by atoms with Crippen LogP contribution in [0.4, 0.5) is 0 Å². The van der Waals surface area contributed by atoms with Crippen molar-refractivity contribution in [2.45, 2.75) is 0 Å². The van der Waals surface area contributed by atoms with E-state index in [0.717, 1.165) is 24.3 Å². The Kier molecular flexibility index (Phi) is 39.7. The van der Waals surface area contributed by atoms with Crippen molar-refractivity contribution in [3.8, 4) is 0 Å². The van der Waals surface area contributed by atoms with E-state index in [2.05, 4.69) is 9.97 Å². The predicted octanol–water partition coefficient (Wildman–Crippen LogP) is -10.4. The number of aromatic nitrogens is 2. The van der Waals surface area contributed by atoms with Crippen molar-refractivity contribution in [1.82, 2.24) is 9.97 Å². The van der Waals surface area contributed by atoms with E-state index < -0.39 is 46.7 Å². The molecule has 180 valence electrons. The number of carbonyl (C=O) groups excluding carboxylic acids is 4. The van der Waals surface area contributed by atoms with Crippen molar-refractivity contribution >= 4 is 23.9 Å². The minimum atomic E-state index is -1.52. The van der Waals surface area contributed by atoms with Gasteiger partial charge in [-0.3, -0.25) is 0 Å². The third-order valence-corrected chi connectivity index (χ3v) is 2.33. The molecule has 0 aliphatic carbocycles. The minimum absolute atomic E-state index is 0. The number of pyridine rings is 2. The molecule has 18 heteroatoms. The van der Waals surface area contributed by atoms with Gasteiger partial charge < -0.3 is 77.9 Å². The summed E-state index contributed by atoms with van der Waals surface area (Å²) in [5.41, 5.74) is -1.68. The van der Waals surface area contributed by atoms with Gasteiger partial charge in [-0.2, -0.15) is 0 Å². The quantitative estimate of drug-likeness (QED) is 0.298. The molecule has 32 heavy (non-hydrogen) atoms. The molecule has 0 saturated heterocycles. The molecule has 0 fully saturated rings. The molecule has 0 radical (unpaired) electrons. The van der Waals surface area contributed by atoms with Crippen molar-refractivity contribution in [2.24, 2.45) is 0 Å². The molecule has 0 aromatic carbocycles. The van der Waals surface area contributed by atoms with Gasteiger partial charge in [-0.05, 0) is 24.3 Å². The molecule has 0 aliphatic heterocycles. The van der Waals surface area contributed by atoms with Crippen LogP contribution in [0.1, 0.15) is 42.0 Å². The fourth-order valence-corrected chi connectivity index (χ4v) is 1.32. The van der Waals surface area contributed by atoms with Crippen LogP contribution in [0.2, 0.25) is 0 Å². The molecule has 0 saturated carbocycles. The van der Waals surface area contributed by atoms with Crippen LogP contribution < -0.4 is 20.4 Å². The Bertz CT molecular complexity index is 692. The molecular weight excluding hydrogens is 576 g/mol. The summed E-state index contributed by atoms with van der Waals surface area (Å²) in [7, 11) is 0. The average molecular weight is 599 g/mol. The van der Waals surface area contributed by atoms with Gasteiger partial charge in [0.1, 0.15) is 0 Å². The van der Waals surface area contributed by atoms with E-state index in [-0.39, 0.29) is 80.1 Å². The number of aromatic carboxylic acids is 4. The fraction of sp³-hybridized carbons (Fsp3) is 0. The first-order valence-electron chi connectivity index (χ1n) is 6.02. The van der Waals surface area contributed by atoms with Gasteiger partial charge in [0.15, 0.2) is 0 Å². The molecule has 0 aliphatic rings. The van der Waals surface area contributed by atoms with Crippen molar-refractivity contribution < 1.29 is 120 Å². The van der Waals surface area contributed by atoms with E-state index in [1.54, 1.807) is 0 Å². The van der Waals surface area contributed by atoms with E-state index in [1.165, 1.54) is 12.1 Å². The van der Waals surface area contributed by atoms with Crippen LogP contribution in [-0.4, -0.2) is 55.7 Å². The van der Waals surface area contributed by atoms with Crippen molar-refractivity contribution in [3.63, 3.8) is 0 Å². The van der Waals surface area contributed by atoms with Gasteiger partial charge in [-0.1, -0.05) is 12.1 Å². The summed E-state index contributed by atoms with van der Waals surface area (Å²) in [6, 6.07) is 7.07. The molecule has 0 amide bonds. The SMILES string of the molecule is O.O.O.O.O=C([O-])c1cccc(C(=O)[O-])n1.O=C([O-])c1cccc(C(=O)[O-])n1.[Ce+4].[OH3+].[OH3+].[OH3+]. The maximum Gasteiger partial charge on any atom is 4.00 e. The Labute approximate surface area is 211 Å². The second-order valence-corrected chi connectivity index (χ2v) is 3.97. The minimum Gasteiger partial charge on any atom is -0.543 e. The summed E-state index contributed by atoms with van der Waals surface area (Å²) in [4.78, 5) is 47.3. The average Bonchev–Trinajstić information content (AvgIpc) is 2.55. The fourth-order valence-electron chi connectivity index (χ4n) is 1.32. The first-order valence-corrected chi connectivity index (χ1v) is 6.02. The zero-order valence-corrected chi connectivity index (χ0v) is 19.0. The molecule has 2 heterocycles. The van der Waals surface area contributed by atoms with Gasteiger partial charge in [0.25, 0.3) is 0 Å². The molecule has 0 bridgehead atoms. The van der Waals surface area contributed by atoms with E-state index >= 15 is 0 Å². The van der Waals surface area contributed by atoms with Gasteiger partial charge in [-0.25, -0.2) is 9.97 Å². The Balaban J connectivity index is -0.0000000480. The van der Waals surface area contributed by atoms with Gasteiger partial charge in [0.2, 0.25) is 0 Å². The number of hydrogen-bond donors (Lipinski definition) is 0. The molecule has 17 N–H and O–H groups in total. The van der Waals surface area contributed by atoms with Crippen molar-refractivity contribution in [3.05, 3.63) is 59.2 Å². The Morgan fingerprint density at radius 3 is 0.781 bits per heavy atom. The summed E-state index contributed by atoms with van der Waals surface area (Å²) in [5.74, 6) is -6.06. The third-order valence-electron chi connectivity index (χ3n) is 2.33. The number of nitrogens with zero attached hydrogens (tertiary/aromatic N) is 2. The number of carboxylic acids is 4. The summed E-state index contributed by atoms with van der Waals surface area (Å²) in [5, 5.41) is 40.8. The third kappa shape index (κ3) is 17.0. The van der Waals surface area contributed by atoms with Gasteiger partial charge in [-0.15, -0.1) is 0 Å². The van der Waals surface area contributed by atoms with E-state index in [4.69, 9.17) is 0 Å². The second-order valence-electron chi connectivity index (χ2n) is 3.97. The van der Waals surface area contributed by atoms with E-state index in [1.807, 2.05) is 0 Å². The summed E-state index contributed by atoms with van der Waals surface area (Å²) in [6.45, 7) is 0. The standard InChI is InChI=1S/2C7H5NO4.Ce.7H2O/c2*9-6(10)4-2-1-3-5(8-4)7(11)12;;;;;;;;/h2*1-3H,(H,9,10)(H,11,12);;7*1H2/q;;+4;;;;;;;/p-1. The van der Waals surface area contributed by atoms with Crippen LogP contribution in [0.15, 0.2) is 36.4 Å². The summed E-state index contributed by atoms with van der Waals surface area (Å²) < 4.78 is 0. The van der Waals surface area contributed by atoms with E-state index in [9.17, 15) is 39.6 Å². The van der Waals surface area contributed by atoms with Crippen LogP contribution in [0.3, 0.4) is 0 Å². The number of carboxylic acid groups (broad SMARTS) is 4. The Morgan fingerprint density at radius 1 is 0.500 bits per heavy atom. The molecule has 0 atom stereocenters. The van der Waals surface area contributed by atoms with Gasteiger partial charge in [0, 0.05) is 0 Å². The monoisotopic (exact) mass is 599 g/mol. The topological polar surface area (TPSA) is 411 Å². The Morgan fingerprint density at radius 2 is 0.656 bits per heavy atom. The molecule has 17 nitrogen and oxygen atoms in total. The second kappa shape index (κ2) is 24.5. The van der Waals surface area contributed by atoms with Crippen LogP contribution in [0.5, 0.6) is 0 Å². The molecule has 2 aromatic rings. The van der Waals surface area contributed by atoms with Crippen molar-refractivity contribution in [2.75, 3.05) is 0 Å². The predicted molar refractivity (Wildman–Crippen MR) is 94.9 cm³/mol. The number of rotatable bonds is 4. The van der Waals surface area contributed by atoms with Gasteiger partial charge in [0.05, 0.1) is 46.7 Å². The first-order chi connectivity index (χ1) is 11.2. The summed E-state index contributed by atoms with van der Waals surface area (Å²) in [6.07, 6.45) is 0. The van der Waals surface area contributed by atoms with Gasteiger partial charge >= 0.3 is 41.7 Å². The normalized spacial score (nSPS) is 7.00. The maximum atomic E-state index is 10.2. The van der Waals surface area contributed by atoms with Crippen molar-refractivity contribution in [1.29, 1.82) is 0 Å². The zero-order chi connectivity index (χ0) is 18.3. The Hall–Kier alpha value is -2.72. The maximum absolute atomic E-state index is 10.2. The number of hydrogen-bond acceptors (Lipinski definition) is 10. The molecular formula is C14H23CeN2O15+3. The molecule has 0 unspecified atom stereocenters. The zero-order valence-electron chi connectivity index (χ0n) is 15.9. The van der Waals surface area contributed by atoms with Crippen LogP contribution in [-0.2, 0) is 16.4 Å². The van der Waals surface area contributed by atoms with E-state index in [0.29, 0.717) is 0 Å². The smallest absolute Gasteiger partial charge is 0.543 e. The van der Waals surface area contributed by atoms with Crippen LogP contribution >= 0.6 is 0 Å².